The molecule has 0 unspecified atom stereocenters. The summed E-state index contributed by atoms with van der Waals surface area (Å²) in [6.45, 7) is 0. The van der Waals surface area contributed by atoms with Gasteiger partial charge in [0.25, 0.3) is 5.91 Å². The highest BCUT2D eigenvalue weighted by Gasteiger charge is 2.34. The van der Waals surface area contributed by atoms with Gasteiger partial charge in [0, 0.05) is 15.8 Å². The summed E-state index contributed by atoms with van der Waals surface area (Å²) in [4.78, 5) is 25.6. The van der Waals surface area contributed by atoms with Crippen LogP contribution in [0.25, 0.3) is 5.69 Å². The first kappa shape index (κ1) is 19.5. The fourth-order valence-corrected chi connectivity index (χ4v) is 3.66. The third-order valence-electron chi connectivity index (χ3n) is 4.38. The molecule has 29 heavy (non-hydrogen) atoms. The van der Waals surface area contributed by atoms with Crippen LogP contribution in [0.2, 0.25) is 5.02 Å². The predicted molar refractivity (Wildman–Crippen MR) is 111 cm³/mol. The first-order valence-corrected chi connectivity index (χ1v) is 10.5. The minimum absolute atomic E-state index is 0.161. The number of nitrogens with one attached hydrogen (secondary N) is 2. The molecule has 3 aromatic rings. The van der Waals surface area contributed by atoms with Crippen molar-refractivity contribution in [1.29, 1.82) is 0 Å². The molecule has 0 aliphatic heterocycles. The van der Waals surface area contributed by atoms with E-state index in [1.807, 2.05) is 42.5 Å². The van der Waals surface area contributed by atoms with Gasteiger partial charge in [0.05, 0.1) is 17.1 Å². The van der Waals surface area contributed by atoms with Gasteiger partial charge in [-0.15, -0.1) is 16.9 Å². The molecule has 148 valence electrons. The fourth-order valence-electron chi connectivity index (χ4n) is 2.84. The number of amides is 2. The molecule has 4 rings (SSSR count). The summed E-state index contributed by atoms with van der Waals surface area (Å²) in [6, 6.07) is 16.8. The number of hydrogen-bond acceptors (Lipinski definition) is 5. The Morgan fingerprint density at radius 3 is 2.48 bits per heavy atom. The van der Waals surface area contributed by atoms with Gasteiger partial charge in [-0.1, -0.05) is 35.0 Å². The number of nitrogens with zero attached hydrogens (tertiary/aromatic N) is 3. The number of hydrogen-bond donors (Lipinski definition) is 2. The van der Waals surface area contributed by atoms with Crippen molar-refractivity contribution in [1.82, 2.24) is 25.8 Å². The van der Waals surface area contributed by atoms with E-state index in [0.29, 0.717) is 5.02 Å². The van der Waals surface area contributed by atoms with Crippen LogP contribution in [0.4, 0.5) is 0 Å². The van der Waals surface area contributed by atoms with E-state index in [1.54, 1.807) is 16.8 Å². The normalized spacial score (nSPS) is 13.1. The number of benzene rings is 2. The molecule has 7 nitrogen and oxygen atoms in total. The molecular weight excluding hydrogens is 410 g/mol. The number of aromatic nitrogens is 3. The molecular formula is C20H18ClN5O2S. The van der Waals surface area contributed by atoms with Crippen LogP contribution in [-0.4, -0.2) is 32.6 Å². The van der Waals surface area contributed by atoms with Crippen molar-refractivity contribution >= 4 is 35.2 Å². The van der Waals surface area contributed by atoms with Crippen molar-refractivity contribution in [2.45, 2.75) is 23.7 Å². The van der Waals surface area contributed by atoms with Crippen LogP contribution in [0.3, 0.4) is 0 Å². The van der Waals surface area contributed by atoms with Gasteiger partial charge in [0.15, 0.2) is 5.69 Å². The van der Waals surface area contributed by atoms with Crippen LogP contribution in [0.1, 0.15) is 34.9 Å². The zero-order valence-corrected chi connectivity index (χ0v) is 16.9. The molecule has 0 atom stereocenters. The van der Waals surface area contributed by atoms with Crippen LogP contribution >= 0.6 is 23.4 Å². The van der Waals surface area contributed by atoms with E-state index < -0.39 is 5.91 Å². The van der Waals surface area contributed by atoms with Crippen molar-refractivity contribution in [3.8, 4) is 5.69 Å². The zero-order valence-electron chi connectivity index (χ0n) is 15.3. The van der Waals surface area contributed by atoms with Gasteiger partial charge in [-0.05, 0) is 49.2 Å². The van der Waals surface area contributed by atoms with Crippen molar-refractivity contribution in [3.63, 3.8) is 0 Å². The molecule has 1 heterocycles. The Kier molecular flexibility index (Phi) is 5.82. The summed E-state index contributed by atoms with van der Waals surface area (Å²) in [5.74, 6) is -0.378. The average molecular weight is 428 g/mol. The van der Waals surface area contributed by atoms with Crippen LogP contribution in [0, 0.1) is 0 Å². The summed E-state index contributed by atoms with van der Waals surface area (Å²) < 4.78 is 1.70. The third kappa shape index (κ3) is 4.78. The molecule has 0 radical (unpaired) electrons. The van der Waals surface area contributed by atoms with Crippen molar-refractivity contribution in [2.75, 3.05) is 5.75 Å². The molecule has 9 heteroatoms. The third-order valence-corrected chi connectivity index (χ3v) is 5.65. The number of carbonyl (C=O) groups is 2. The fraction of sp³-hybridized carbons (Fsp3) is 0.200. The highest BCUT2D eigenvalue weighted by Crippen LogP contribution is 2.41. The van der Waals surface area contributed by atoms with Crippen molar-refractivity contribution in [2.24, 2.45) is 0 Å². The maximum Gasteiger partial charge on any atom is 0.292 e. The van der Waals surface area contributed by atoms with E-state index in [1.165, 1.54) is 11.8 Å². The minimum atomic E-state index is -0.473. The first-order chi connectivity index (χ1) is 14.1. The second kappa shape index (κ2) is 8.67. The van der Waals surface area contributed by atoms with E-state index in [9.17, 15) is 9.59 Å². The number of carbonyl (C=O) groups excluding carboxylic acids is 2. The molecule has 0 saturated heterocycles. The Bertz CT molecular complexity index is 1020. The summed E-state index contributed by atoms with van der Waals surface area (Å²) in [5.41, 5.74) is 6.74. The highest BCUT2D eigenvalue weighted by atomic mass is 35.5. The molecule has 1 saturated carbocycles. The second-order valence-electron chi connectivity index (χ2n) is 6.59. The SMILES string of the molecule is O=C(CSc1ccc(Cl)cc1)NNC(=O)c1nnn(-c2ccccc2)c1C1CC1. The number of thioether (sulfide) groups is 1. The van der Waals surface area contributed by atoms with Crippen molar-refractivity contribution in [3.05, 3.63) is 71.0 Å². The van der Waals surface area contributed by atoms with E-state index in [0.717, 1.165) is 29.1 Å². The van der Waals surface area contributed by atoms with Gasteiger partial charge in [0.2, 0.25) is 5.91 Å². The highest BCUT2D eigenvalue weighted by molar-refractivity contribution is 8.00. The lowest BCUT2D eigenvalue weighted by Crippen LogP contribution is -2.43. The Morgan fingerprint density at radius 2 is 1.79 bits per heavy atom. The number of halogens is 1. The maximum absolute atomic E-state index is 12.6. The second-order valence-corrected chi connectivity index (χ2v) is 8.08. The summed E-state index contributed by atoms with van der Waals surface area (Å²) in [7, 11) is 0. The maximum atomic E-state index is 12.6. The van der Waals surface area contributed by atoms with Gasteiger partial charge in [0.1, 0.15) is 0 Å². The molecule has 1 aromatic heterocycles. The van der Waals surface area contributed by atoms with E-state index in [4.69, 9.17) is 11.6 Å². The van der Waals surface area contributed by atoms with Gasteiger partial charge in [-0.3, -0.25) is 20.4 Å². The molecule has 0 spiro atoms. The minimum Gasteiger partial charge on any atom is -0.272 e. The van der Waals surface area contributed by atoms with Gasteiger partial charge in [-0.2, -0.15) is 0 Å². The molecule has 1 aliphatic rings. The quantitative estimate of drug-likeness (QED) is 0.465. The summed E-state index contributed by atoms with van der Waals surface area (Å²) in [6.07, 6.45) is 1.98. The Morgan fingerprint density at radius 1 is 1.07 bits per heavy atom. The Labute approximate surface area is 176 Å². The predicted octanol–water partition coefficient (Wildman–Crippen LogP) is 3.35. The Hall–Kier alpha value is -2.84. The monoisotopic (exact) mass is 427 g/mol. The number of rotatable bonds is 6. The Balaban J connectivity index is 1.38. The zero-order chi connectivity index (χ0) is 20.2. The molecule has 2 N–H and O–H groups in total. The number of para-hydroxylation sites is 1. The molecule has 2 aromatic carbocycles. The first-order valence-electron chi connectivity index (χ1n) is 9.10. The average Bonchev–Trinajstić information content (AvgIpc) is 3.49. The van der Waals surface area contributed by atoms with Crippen molar-refractivity contribution < 1.29 is 9.59 Å². The lowest BCUT2D eigenvalue weighted by molar-refractivity contribution is -0.119. The van der Waals surface area contributed by atoms with Gasteiger partial charge in [-0.25, -0.2) is 4.68 Å². The lowest BCUT2D eigenvalue weighted by atomic mass is 10.2. The van der Waals surface area contributed by atoms with Gasteiger partial charge < -0.3 is 0 Å². The molecule has 2 amide bonds. The van der Waals surface area contributed by atoms with Crippen LogP contribution in [0.5, 0.6) is 0 Å². The van der Waals surface area contributed by atoms with E-state index >= 15 is 0 Å². The lowest BCUT2D eigenvalue weighted by Gasteiger charge is -2.08. The van der Waals surface area contributed by atoms with Crippen LogP contribution in [0.15, 0.2) is 59.5 Å². The largest absolute Gasteiger partial charge is 0.292 e. The standard InChI is InChI=1S/C20H18ClN5O2S/c21-14-8-10-16(11-9-14)29-12-17(27)22-24-20(28)18-19(13-6-7-13)26(25-23-18)15-4-2-1-3-5-15/h1-5,8-11,13H,6-7,12H2,(H,22,27)(H,24,28). The number of hydrazine groups is 1. The smallest absolute Gasteiger partial charge is 0.272 e. The van der Waals surface area contributed by atoms with E-state index in [2.05, 4.69) is 21.2 Å². The molecule has 1 fully saturated rings. The summed E-state index contributed by atoms with van der Waals surface area (Å²) >= 11 is 7.20. The molecule has 0 bridgehead atoms. The topological polar surface area (TPSA) is 88.9 Å². The van der Waals surface area contributed by atoms with Crippen LogP contribution in [-0.2, 0) is 4.79 Å². The van der Waals surface area contributed by atoms with Crippen LogP contribution < -0.4 is 10.9 Å². The summed E-state index contributed by atoms with van der Waals surface area (Å²) in [5, 5.41) is 8.86. The molecule has 1 aliphatic carbocycles. The van der Waals surface area contributed by atoms with Gasteiger partial charge >= 0.3 is 0 Å². The van der Waals surface area contributed by atoms with E-state index in [-0.39, 0.29) is 23.3 Å².